The average molecular weight is 210 g/mol. The number of amidine groups is 1. The summed E-state index contributed by atoms with van der Waals surface area (Å²) in [7, 11) is 0. The van der Waals surface area contributed by atoms with Crippen LogP contribution < -0.4 is 11.5 Å². The second kappa shape index (κ2) is 5.80. The molecule has 1 atom stereocenters. The van der Waals surface area contributed by atoms with Gasteiger partial charge in [-0.3, -0.25) is 4.99 Å². The fraction of sp³-hybridized carbons (Fsp3) is 0.273. The normalized spacial score (nSPS) is 21.7. The Labute approximate surface area is 98.2 Å². The van der Waals surface area contributed by atoms with Crippen molar-refractivity contribution in [3.05, 3.63) is 35.8 Å². The Bertz CT molecular complexity index is 595. The Kier molecular flexibility index (Phi) is 2.05. The molecular weight excluding hydrogens is 188 g/mol. The van der Waals surface area contributed by atoms with Crippen molar-refractivity contribution in [2.24, 2.45) is 21.5 Å². The molecule has 80 valence electrons. The van der Waals surface area contributed by atoms with Crippen molar-refractivity contribution >= 4 is 11.8 Å². The molecule has 4 nitrogen and oxygen atoms in total. The Hall–Kier alpha value is -1.84. The van der Waals surface area contributed by atoms with Crippen LogP contribution in [-0.4, -0.2) is 18.3 Å². The molecule has 0 radical (unpaired) electrons. The largest absolute Gasteiger partial charge is 0.387 e. The molecule has 0 aromatic heterocycles. The SMILES string of the molecule is [2H]c1ccc([2H])c(C([2H])([2H])C([2H])N=C(N)N=C(C)N)c1[2H]. The molecule has 0 amide bonds. The Balaban J connectivity index is 3.29. The first-order chi connectivity index (χ1) is 9.57. The van der Waals surface area contributed by atoms with E-state index in [0.717, 1.165) is 0 Å². The molecular formula is C11H16N4. The number of benzene rings is 1. The Morgan fingerprint density at radius 1 is 1.47 bits per heavy atom. The summed E-state index contributed by atoms with van der Waals surface area (Å²) < 4.78 is 46.6. The molecule has 15 heavy (non-hydrogen) atoms. The first-order valence-electron chi connectivity index (χ1n) is 7.28. The summed E-state index contributed by atoms with van der Waals surface area (Å²) in [5.74, 6) is -0.251. The molecule has 0 aliphatic heterocycles. The molecule has 4 N–H and O–H groups in total. The van der Waals surface area contributed by atoms with E-state index in [9.17, 15) is 0 Å². The van der Waals surface area contributed by atoms with Gasteiger partial charge in [0, 0.05) is 9.26 Å². The molecule has 1 unspecified atom stereocenters. The van der Waals surface area contributed by atoms with Crippen molar-refractivity contribution in [1.82, 2.24) is 0 Å². The fourth-order valence-electron chi connectivity index (χ4n) is 0.767. The van der Waals surface area contributed by atoms with Crippen LogP contribution in [0.3, 0.4) is 0 Å². The molecule has 0 spiro atoms. The first-order valence-corrected chi connectivity index (χ1v) is 4.21. The molecule has 4 heteroatoms. The number of guanidine groups is 1. The second-order valence-electron chi connectivity index (χ2n) is 2.64. The van der Waals surface area contributed by atoms with Crippen LogP contribution in [0.15, 0.2) is 40.2 Å². The monoisotopic (exact) mass is 210 g/mol. The van der Waals surface area contributed by atoms with E-state index in [1.54, 1.807) is 0 Å². The van der Waals surface area contributed by atoms with E-state index in [-0.39, 0.29) is 29.4 Å². The van der Waals surface area contributed by atoms with Crippen molar-refractivity contribution in [2.45, 2.75) is 13.3 Å². The van der Waals surface area contributed by atoms with Gasteiger partial charge in [-0.2, -0.15) is 0 Å². The van der Waals surface area contributed by atoms with E-state index >= 15 is 0 Å². The third-order valence-corrected chi connectivity index (χ3v) is 1.29. The van der Waals surface area contributed by atoms with Crippen molar-refractivity contribution in [3.8, 4) is 0 Å². The van der Waals surface area contributed by atoms with Crippen LogP contribution in [0.5, 0.6) is 0 Å². The maximum atomic E-state index is 7.94. The van der Waals surface area contributed by atoms with Crippen LogP contribution in [0.25, 0.3) is 0 Å². The van der Waals surface area contributed by atoms with Crippen molar-refractivity contribution in [1.29, 1.82) is 0 Å². The molecule has 0 aliphatic carbocycles. The van der Waals surface area contributed by atoms with Gasteiger partial charge in [0.05, 0.1) is 11.3 Å². The topological polar surface area (TPSA) is 76.8 Å². The zero-order chi connectivity index (χ0) is 16.4. The molecule has 0 bridgehead atoms. The highest BCUT2D eigenvalue weighted by Crippen LogP contribution is 1.99. The zero-order valence-electron chi connectivity index (χ0n) is 14.3. The number of nitrogens with two attached hydrogens (primary N) is 2. The highest BCUT2D eigenvalue weighted by molar-refractivity contribution is 5.93. The number of aliphatic imine (C=N–C) groups is 2. The van der Waals surface area contributed by atoms with Gasteiger partial charge < -0.3 is 11.5 Å². The predicted octanol–water partition coefficient (Wildman–Crippen LogP) is 0.921. The standard InChI is InChI=1S/C11H16N4/c1-9(12)15-11(13)14-8-7-10-5-3-2-4-6-10/h2-6H,7-8H2,1H3,(H4,12,13,14,15)/i3D,5D,6D,7D2,8D. The van der Waals surface area contributed by atoms with Crippen LogP contribution in [0.2, 0.25) is 0 Å². The number of rotatable bonds is 3. The third kappa shape index (κ3) is 4.81. The fourth-order valence-corrected chi connectivity index (χ4v) is 0.767. The predicted molar refractivity (Wildman–Crippen MR) is 63.9 cm³/mol. The average Bonchev–Trinajstić information content (AvgIpc) is 2.32. The van der Waals surface area contributed by atoms with E-state index in [1.165, 1.54) is 19.1 Å². The van der Waals surface area contributed by atoms with Crippen molar-refractivity contribution < 1.29 is 8.22 Å². The Morgan fingerprint density at radius 3 is 3.00 bits per heavy atom. The minimum Gasteiger partial charge on any atom is -0.387 e. The number of hydrogen-bond acceptors (Lipinski definition) is 1. The maximum absolute atomic E-state index is 7.94. The molecule has 1 aromatic rings. The first kappa shape index (κ1) is 5.30. The molecule has 1 aromatic carbocycles. The quantitative estimate of drug-likeness (QED) is 0.575. The van der Waals surface area contributed by atoms with Gasteiger partial charge >= 0.3 is 0 Å². The van der Waals surface area contributed by atoms with Crippen molar-refractivity contribution in [3.63, 3.8) is 0 Å². The maximum Gasteiger partial charge on any atom is 0.216 e. The molecule has 0 saturated carbocycles. The molecule has 0 heterocycles. The lowest BCUT2D eigenvalue weighted by molar-refractivity contribution is 0.962. The van der Waals surface area contributed by atoms with Gasteiger partial charge in [0.25, 0.3) is 0 Å². The van der Waals surface area contributed by atoms with Crippen LogP contribution in [0.4, 0.5) is 0 Å². The van der Waals surface area contributed by atoms with Crippen LogP contribution in [0, 0.1) is 0 Å². The summed E-state index contributed by atoms with van der Waals surface area (Å²) in [5, 5.41) is 0. The van der Waals surface area contributed by atoms with Gasteiger partial charge in [0.1, 0.15) is 0 Å². The minimum absolute atomic E-state index is 0.111. The summed E-state index contributed by atoms with van der Waals surface area (Å²) in [6, 6.07) is 1.48. The lowest BCUT2D eigenvalue weighted by Gasteiger charge is -1.97. The van der Waals surface area contributed by atoms with Gasteiger partial charge in [-0.25, -0.2) is 4.99 Å². The number of nitrogens with zero attached hydrogens (tertiary/aromatic N) is 2. The Morgan fingerprint density at radius 2 is 2.27 bits per heavy atom. The van der Waals surface area contributed by atoms with Gasteiger partial charge in [0.15, 0.2) is 0 Å². The van der Waals surface area contributed by atoms with Gasteiger partial charge in [-0.1, -0.05) is 30.3 Å². The lowest BCUT2D eigenvalue weighted by Crippen LogP contribution is -2.16. The van der Waals surface area contributed by atoms with E-state index in [0.29, 0.717) is 0 Å². The molecule has 0 saturated heterocycles. The zero-order valence-corrected chi connectivity index (χ0v) is 8.28. The summed E-state index contributed by atoms with van der Waals surface area (Å²) in [6.07, 6.45) is -2.46. The third-order valence-electron chi connectivity index (χ3n) is 1.29. The minimum atomic E-state index is -2.46. The molecule has 0 aliphatic rings. The van der Waals surface area contributed by atoms with Crippen molar-refractivity contribution in [2.75, 3.05) is 6.52 Å². The van der Waals surface area contributed by atoms with E-state index < -0.39 is 18.9 Å². The van der Waals surface area contributed by atoms with Crippen LogP contribution in [0.1, 0.15) is 20.7 Å². The van der Waals surface area contributed by atoms with Crippen LogP contribution >= 0.6 is 0 Å². The number of hydrogen-bond donors (Lipinski definition) is 2. The van der Waals surface area contributed by atoms with Gasteiger partial charge in [0.2, 0.25) is 5.96 Å². The summed E-state index contributed by atoms with van der Waals surface area (Å²) in [4.78, 5) is 7.16. The van der Waals surface area contributed by atoms with Gasteiger partial charge in [-0.05, 0) is 18.9 Å². The van der Waals surface area contributed by atoms with Gasteiger partial charge in [-0.15, -0.1) is 0 Å². The van der Waals surface area contributed by atoms with E-state index in [2.05, 4.69) is 9.98 Å². The summed E-state index contributed by atoms with van der Waals surface area (Å²) in [5.41, 5.74) is 10.4. The summed E-state index contributed by atoms with van der Waals surface area (Å²) in [6.45, 7) is -0.279. The van der Waals surface area contributed by atoms with Crippen LogP contribution in [-0.2, 0) is 6.37 Å². The lowest BCUT2D eigenvalue weighted by atomic mass is 10.2. The highest BCUT2D eigenvalue weighted by Gasteiger charge is 1.91. The van der Waals surface area contributed by atoms with E-state index in [4.69, 9.17) is 19.7 Å². The highest BCUT2D eigenvalue weighted by atomic mass is 15.1. The molecule has 1 rings (SSSR count). The van der Waals surface area contributed by atoms with E-state index in [1.807, 2.05) is 0 Å². The molecule has 0 fully saturated rings. The smallest absolute Gasteiger partial charge is 0.216 e. The second-order valence-corrected chi connectivity index (χ2v) is 2.64. The summed E-state index contributed by atoms with van der Waals surface area (Å²) >= 11 is 0.